The monoisotopic (exact) mass is 242 g/mol. The van der Waals surface area contributed by atoms with Gasteiger partial charge in [-0.1, -0.05) is 24.6 Å². The summed E-state index contributed by atoms with van der Waals surface area (Å²) in [6, 6.07) is 7.69. The summed E-state index contributed by atoms with van der Waals surface area (Å²) >= 11 is 0. The lowest BCUT2D eigenvalue weighted by Gasteiger charge is -2.39. The molecule has 3 rings (SSSR count). The Morgan fingerprint density at radius 3 is 2.67 bits per heavy atom. The predicted molar refractivity (Wildman–Crippen MR) is 66.7 cm³/mol. The second-order valence-corrected chi connectivity index (χ2v) is 4.73. The van der Waals surface area contributed by atoms with Crippen molar-refractivity contribution in [2.75, 3.05) is 0 Å². The molecule has 0 atom stereocenters. The lowest BCUT2D eigenvalue weighted by Crippen LogP contribution is -2.43. The van der Waals surface area contributed by atoms with Gasteiger partial charge in [-0.15, -0.1) is 0 Å². The number of para-hydroxylation sites is 1. The molecule has 0 aliphatic heterocycles. The Balaban J connectivity index is 2.15. The number of aromatic nitrogens is 2. The molecular formula is C14H14N2O2. The van der Waals surface area contributed by atoms with Gasteiger partial charge >= 0.3 is 5.97 Å². The van der Waals surface area contributed by atoms with Crippen LogP contribution in [0.3, 0.4) is 0 Å². The molecule has 1 aliphatic rings. The number of carboxylic acid groups (broad SMARTS) is 1. The second kappa shape index (κ2) is 3.98. The minimum Gasteiger partial charge on any atom is -0.481 e. The van der Waals surface area contributed by atoms with Gasteiger partial charge in [-0.2, -0.15) is 0 Å². The molecule has 0 radical (unpaired) electrons. The van der Waals surface area contributed by atoms with Gasteiger partial charge in [0.05, 0.1) is 17.4 Å². The number of imidazole rings is 1. The van der Waals surface area contributed by atoms with E-state index in [9.17, 15) is 9.90 Å². The smallest absolute Gasteiger partial charge is 0.314 e. The van der Waals surface area contributed by atoms with Gasteiger partial charge in [-0.3, -0.25) is 4.79 Å². The molecule has 4 nitrogen and oxygen atoms in total. The first-order valence-corrected chi connectivity index (χ1v) is 6.05. The summed E-state index contributed by atoms with van der Waals surface area (Å²) in [4.78, 5) is 15.6. The number of rotatable bonds is 3. The fraction of sp³-hybridized carbons (Fsp3) is 0.286. The number of benzene rings is 1. The van der Waals surface area contributed by atoms with Crippen LogP contribution in [0.4, 0.5) is 0 Å². The van der Waals surface area contributed by atoms with Crippen LogP contribution in [0.15, 0.2) is 43.0 Å². The summed E-state index contributed by atoms with van der Waals surface area (Å²) in [6.45, 7) is 0. The molecule has 2 aromatic rings. The Labute approximate surface area is 105 Å². The van der Waals surface area contributed by atoms with Crippen molar-refractivity contribution in [3.63, 3.8) is 0 Å². The van der Waals surface area contributed by atoms with E-state index in [1.807, 2.05) is 35.0 Å². The maximum atomic E-state index is 11.6. The fourth-order valence-electron chi connectivity index (χ4n) is 2.63. The van der Waals surface area contributed by atoms with Crippen LogP contribution in [0.1, 0.15) is 24.8 Å². The van der Waals surface area contributed by atoms with Crippen molar-refractivity contribution >= 4 is 5.97 Å². The van der Waals surface area contributed by atoms with E-state index in [1.165, 1.54) is 0 Å². The van der Waals surface area contributed by atoms with E-state index in [0.717, 1.165) is 17.7 Å². The summed E-state index contributed by atoms with van der Waals surface area (Å²) < 4.78 is 1.87. The van der Waals surface area contributed by atoms with E-state index in [2.05, 4.69) is 4.98 Å². The van der Waals surface area contributed by atoms with Gasteiger partial charge in [0.1, 0.15) is 0 Å². The number of carboxylic acids is 1. The quantitative estimate of drug-likeness (QED) is 0.899. The average molecular weight is 242 g/mol. The molecule has 1 N–H and O–H groups in total. The Morgan fingerprint density at radius 1 is 1.33 bits per heavy atom. The van der Waals surface area contributed by atoms with Crippen molar-refractivity contribution in [1.29, 1.82) is 0 Å². The minimum absolute atomic E-state index is 0.707. The standard InChI is InChI=1S/C14H14N2O2/c17-13(18)14(6-3-7-14)11-4-1-2-5-12(11)16-9-8-15-10-16/h1-2,4-5,8-10H,3,6-7H2,(H,17,18). The van der Waals surface area contributed by atoms with E-state index < -0.39 is 11.4 Å². The first-order chi connectivity index (χ1) is 8.74. The summed E-state index contributed by atoms with van der Waals surface area (Å²) in [6.07, 6.45) is 7.65. The highest BCUT2D eigenvalue weighted by Gasteiger charge is 2.47. The Morgan fingerprint density at radius 2 is 2.11 bits per heavy atom. The van der Waals surface area contributed by atoms with Crippen molar-refractivity contribution < 1.29 is 9.90 Å². The zero-order valence-electron chi connectivity index (χ0n) is 9.91. The maximum Gasteiger partial charge on any atom is 0.314 e. The van der Waals surface area contributed by atoms with Crippen LogP contribution in [0.5, 0.6) is 0 Å². The van der Waals surface area contributed by atoms with Gasteiger partial charge in [0.15, 0.2) is 0 Å². The SMILES string of the molecule is O=C(O)C1(c2ccccc2-n2ccnc2)CCC1. The van der Waals surface area contributed by atoms with E-state index in [-0.39, 0.29) is 0 Å². The van der Waals surface area contributed by atoms with Crippen LogP contribution in [-0.2, 0) is 10.2 Å². The number of carbonyl (C=O) groups is 1. The van der Waals surface area contributed by atoms with Gasteiger partial charge in [0, 0.05) is 12.4 Å². The van der Waals surface area contributed by atoms with Gasteiger partial charge in [0.25, 0.3) is 0 Å². The molecule has 1 aromatic carbocycles. The van der Waals surface area contributed by atoms with Gasteiger partial charge in [-0.05, 0) is 24.5 Å². The molecule has 1 aromatic heterocycles. The van der Waals surface area contributed by atoms with E-state index >= 15 is 0 Å². The first-order valence-electron chi connectivity index (χ1n) is 6.05. The third-order valence-corrected chi connectivity index (χ3v) is 3.82. The molecule has 92 valence electrons. The predicted octanol–water partition coefficient (Wildman–Crippen LogP) is 2.38. The Kier molecular flexibility index (Phi) is 2.44. The molecule has 0 spiro atoms. The van der Waals surface area contributed by atoms with Crippen LogP contribution in [0.2, 0.25) is 0 Å². The molecule has 1 aliphatic carbocycles. The summed E-state index contributed by atoms with van der Waals surface area (Å²) in [5.41, 5.74) is 1.10. The van der Waals surface area contributed by atoms with Gasteiger partial charge in [-0.25, -0.2) is 4.98 Å². The van der Waals surface area contributed by atoms with Crippen molar-refractivity contribution in [2.24, 2.45) is 0 Å². The topological polar surface area (TPSA) is 55.1 Å². The highest BCUT2D eigenvalue weighted by molar-refractivity contribution is 5.84. The van der Waals surface area contributed by atoms with Crippen LogP contribution in [-0.4, -0.2) is 20.6 Å². The van der Waals surface area contributed by atoms with E-state index in [0.29, 0.717) is 12.8 Å². The number of nitrogens with zero attached hydrogens (tertiary/aromatic N) is 2. The zero-order valence-corrected chi connectivity index (χ0v) is 9.91. The normalized spacial score (nSPS) is 17.1. The third-order valence-electron chi connectivity index (χ3n) is 3.82. The zero-order chi connectivity index (χ0) is 12.6. The van der Waals surface area contributed by atoms with Crippen molar-refractivity contribution in [3.05, 3.63) is 48.5 Å². The van der Waals surface area contributed by atoms with Crippen LogP contribution in [0.25, 0.3) is 5.69 Å². The molecule has 18 heavy (non-hydrogen) atoms. The number of hydrogen-bond acceptors (Lipinski definition) is 2. The highest BCUT2D eigenvalue weighted by Crippen LogP contribution is 2.45. The van der Waals surface area contributed by atoms with Gasteiger partial charge in [0.2, 0.25) is 0 Å². The van der Waals surface area contributed by atoms with Crippen molar-refractivity contribution in [2.45, 2.75) is 24.7 Å². The van der Waals surface area contributed by atoms with Crippen LogP contribution < -0.4 is 0 Å². The molecule has 1 fully saturated rings. The van der Waals surface area contributed by atoms with Crippen molar-refractivity contribution in [1.82, 2.24) is 9.55 Å². The molecule has 0 amide bonds. The highest BCUT2D eigenvalue weighted by atomic mass is 16.4. The fourth-order valence-corrected chi connectivity index (χ4v) is 2.63. The molecule has 1 heterocycles. The van der Waals surface area contributed by atoms with Crippen LogP contribution in [0, 0.1) is 0 Å². The summed E-state index contributed by atoms with van der Waals surface area (Å²) in [5, 5.41) is 9.53. The van der Waals surface area contributed by atoms with Gasteiger partial charge < -0.3 is 9.67 Å². The molecule has 4 heteroatoms. The minimum atomic E-state index is -0.721. The molecular weight excluding hydrogens is 228 g/mol. The molecule has 0 bridgehead atoms. The summed E-state index contributed by atoms with van der Waals surface area (Å²) in [5.74, 6) is -0.721. The maximum absolute atomic E-state index is 11.6. The molecule has 0 saturated heterocycles. The third kappa shape index (κ3) is 1.45. The lowest BCUT2D eigenvalue weighted by atomic mass is 9.64. The van der Waals surface area contributed by atoms with Crippen molar-refractivity contribution in [3.8, 4) is 5.69 Å². The average Bonchev–Trinajstić information content (AvgIpc) is 2.81. The summed E-state index contributed by atoms with van der Waals surface area (Å²) in [7, 11) is 0. The van der Waals surface area contributed by atoms with E-state index in [4.69, 9.17) is 0 Å². The molecule has 0 unspecified atom stereocenters. The first kappa shape index (κ1) is 11.0. The number of hydrogen-bond donors (Lipinski definition) is 1. The van der Waals surface area contributed by atoms with E-state index in [1.54, 1.807) is 12.5 Å². The largest absolute Gasteiger partial charge is 0.481 e. The van der Waals surface area contributed by atoms with Crippen LogP contribution >= 0.6 is 0 Å². The Hall–Kier alpha value is -2.10. The lowest BCUT2D eigenvalue weighted by molar-refractivity contribution is -0.147. The second-order valence-electron chi connectivity index (χ2n) is 4.73. The molecule has 1 saturated carbocycles. The number of aliphatic carboxylic acids is 1. The Bertz CT molecular complexity index is 571.